The van der Waals surface area contributed by atoms with E-state index in [1.807, 2.05) is 42.5 Å². The molecule has 35 heavy (non-hydrogen) atoms. The molecule has 0 radical (unpaired) electrons. The van der Waals surface area contributed by atoms with Crippen molar-refractivity contribution in [2.24, 2.45) is 0 Å². The van der Waals surface area contributed by atoms with Crippen LogP contribution in [0.1, 0.15) is 23.5 Å². The topological polar surface area (TPSA) is 71.1 Å². The average Bonchev–Trinajstić information content (AvgIpc) is 3.26. The molecule has 4 rings (SSSR count). The molecule has 7 heteroatoms. The maximum absolute atomic E-state index is 12.9. The van der Waals surface area contributed by atoms with E-state index in [1.165, 1.54) is 11.1 Å². The molecule has 182 valence electrons. The Morgan fingerprint density at radius 1 is 0.886 bits per heavy atom. The van der Waals surface area contributed by atoms with Crippen LogP contribution >= 0.6 is 0 Å². The molecule has 0 bridgehead atoms. The first kappa shape index (κ1) is 24.1. The molecule has 3 aromatic carbocycles. The van der Waals surface area contributed by atoms with Gasteiger partial charge in [0.1, 0.15) is 6.54 Å². The quantitative estimate of drug-likeness (QED) is 0.477. The summed E-state index contributed by atoms with van der Waals surface area (Å²) in [6.07, 6.45) is 0.769. The molecule has 0 saturated carbocycles. The number of nitrogens with one attached hydrogen (secondary N) is 1. The molecule has 1 saturated heterocycles. The number of urea groups is 1. The predicted octanol–water partition coefficient (Wildman–Crippen LogP) is 4.28. The van der Waals surface area contributed by atoms with Gasteiger partial charge in [-0.05, 0) is 29.7 Å². The van der Waals surface area contributed by atoms with Gasteiger partial charge in [0, 0.05) is 37.3 Å². The molecule has 7 nitrogen and oxygen atoms in total. The summed E-state index contributed by atoms with van der Waals surface area (Å²) in [4.78, 5) is 28.8. The second-order valence-electron chi connectivity index (χ2n) is 8.41. The maximum atomic E-state index is 12.9. The fraction of sp³-hybridized carbons (Fsp3) is 0.286. The van der Waals surface area contributed by atoms with Crippen LogP contribution in [0, 0.1) is 0 Å². The van der Waals surface area contributed by atoms with Crippen molar-refractivity contribution in [2.75, 3.05) is 45.3 Å². The highest BCUT2D eigenvalue weighted by atomic mass is 16.5. The smallest absolute Gasteiger partial charge is 0.325 e. The Morgan fingerprint density at radius 3 is 2.11 bits per heavy atom. The fourth-order valence-corrected chi connectivity index (χ4v) is 4.44. The number of amides is 3. The molecule has 0 aliphatic carbocycles. The van der Waals surface area contributed by atoms with E-state index in [4.69, 9.17) is 9.47 Å². The van der Waals surface area contributed by atoms with Gasteiger partial charge < -0.3 is 19.7 Å². The van der Waals surface area contributed by atoms with Crippen molar-refractivity contribution in [3.8, 4) is 11.5 Å². The van der Waals surface area contributed by atoms with Crippen molar-refractivity contribution in [3.05, 3.63) is 90.0 Å². The van der Waals surface area contributed by atoms with Crippen LogP contribution in [-0.4, -0.2) is 57.2 Å². The molecule has 1 aliphatic heterocycles. The minimum absolute atomic E-state index is 0.0317. The van der Waals surface area contributed by atoms with Crippen LogP contribution in [0.25, 0.3) is 0 Å². The Hall–Kier alpha value is -4.00. The fourth-order valence-electron chi connectivity index (χ4n) is 4.44. The number of benzene rings is 3. The van der Waals surface area contributed by atoms with Gasteiger partial charge in [0.15, 0.2) is 11.5 Å². The molecular weight excluding hydrogens is 442 g/mol. The summed E-state index contributed by atoms with van der Waals surface area (Å²) in [5, 5.41) is 3.00. The molecule has 0 atom stereocenters. The van der Waals surface area contributed by atoms with E-state index in [2.05, 4.69) is 29.6 Å². The molecule has 3 aromatic rings. The standard InChI is InChI=1S/C28H31N3O4/c1-34-25-14-13-23(19-26(25)35-2)31-18-17-30(28(31)33)20-27(32)29-16-15-24(21-9-5-3-6-10-21)22-11-7-4-8-12-22/h3-14,19,24H,15-18,20H2,1-2H3,(H,29,32). The maximum Gasteiger partial charge on any atom is 0.325 e. The van der Waals surface area contributed by atoms with Gasteiger partial charge in [-0.25, -0.2) is 4.79 Å². The van der Waals surface area contributed by atoms with Crippen molar-refractivity contribution >= 4 is 17.6 Å². The number of methoxy groups -OCH3 is 2. The molecular formula is C28H31N3O4. The molecule has 3 amide bonds. The van der Waals surface area contributed by atoms with Crippen LogP contribution < -0.4 is 19.7 Å². The van der Waals surface area contributed by atoms with E-state index in [9.17, 15) is 9.59 Å². The number of hydrogen-bond donors (Lipinski definition) is 1. The van der Waals surface area contributed by atoms with Gasteiger partial charge in [-0.1, -0.05) is 60.7 Å². The third kappa shape index (κ3) is 5.74. The van der Waals surface area contributed by atoms with Gasteiger partial charge in [-0.15, -0.1) is 0 Å². The highest BCUT2D eigenvalue weighted by Crippen LogP contribution is 2.33. The van der Waals surface area contributed by atoms with Crippen molar-refractivity contribution < 1.29 is 19.1 Å². The summed E-state index contributed by atoms with van der Waals surface area (Å²) in [6.45, 7) is 1.54. The zero-order valence-corrected chi connectivity index (χ0v) is 20.1. The number of ether oxygens (including phenoxy) is 2. The largest absolute Gasteiger partial charge is 0.493 e. The number of hydrogen-bond acceptors (Lipinski definition) is 4. The molecule has 1 aliphatic rings. The van der Waals surface area contributed by atoms with E-state index in [0.29, 0.717) is 36.8 Å². The van der Waals surface area contributed by atoms with E-state index >= 15 is 0 Å². The number of nitrogens with zero attached hydrogens (tertiary/aromatic N) is 2. The van der Waals surface area contributed by atoms with Gasteiger partial charge in [0.2, 0.25) is 5.91 Å². The summed E-state index contributed by atoms with van der Waals surface area (Å²) >= 11 is 0. The molecule has 0 spiro atoms. The predicted molar refractivity (Wildman–Crippen MR) is 136 cm³/mol. The first-order chi connectivity index (χ1) is 17.1. The lowest BCUT2D eigenvalue weighted by Gasteiger charge is -2.20. The highest BCUT2D eigenvalue weighted by Gasteiger charge is 2.31. The van der Waals surface area contributed by atoms with Crippen molar-refractivity contribution in [1.82, 2.24) is 10.2 Å². The summed E-state index contributed by atoms with van der Waals surface area (Å²) in [7, 11) is 3.13. The lowest BCUT2D eigenvalue weighted by molar-refractivity contribution is -0.121. The minimum Gasteiger partial charge on any atom is -0.493 e. The molecule has 1 N–H and O–H groups in total. The van der Waals surface area contributed by atoms with Crippen molar-refractivity contribution in [1.29, 1.82) is 0 Å². The normalized spacial score (nSPS) is 13.3. The first-order valence-corrected chi connectivity index (χ1v) is 11.8. The monoisotopic (exact) mass is 473 g/mol. The van der Waals surface area contributed by atoms with Crippen LogP contribution in [0.15, 0.2) is 78.9 Å². The van der Waals surface area contributed by atoms with E-state index in [1.54, 1.807) is 36.2 Å². The second-order valence-corrected chi connectivity index (χ2v) is 8.41. The lowest BCUT2D eigenvalue weighted by atomic mass is 9.88. The summed E-state index contributed by atoms with van der Waals surface area (Å²) < 4.78 is 10.6. The van der Waals surface area contributed by atoms with E-state index in [0.717, 1.165) is 6.42 Å². The zero-order valence-electron chi connectivity index (χ0n) is 20.1. The SMILES string of the molecule is COc1ccc(N2CCN(CC(=O)NCCC(c3ccccc3)c3ccccc3)C2=O)cc1OC. The van der Waals surface area contributed by atoms with Crippen molar-refractivity contribution in [2.45, 2.75) is 12.3 Å². The summed E-state index contributed by atoms with van der Waals surface area (Å²) in [6, 6.07) is 25.8. The first-order valence-electron chi connectivity index (χ1n) is 11.8. The second kappa shape index (κ2) is 11.4. The van der Waals surface area contributed by atoms with Crippen LogP contribution in [0.3, 0.4) is 0 Å². The highest BCUT2D eigenvalue weighted by molar-refractivity contribution is 5.96. The number of carbonyl (C=O) groups is 2. The zero-order chi connectivity index (χ0) is 24.6. The average molecular weight is 474 g/mol. The van der Waals surface area contributed by atoms with Crippen molar-refractivity contribution in [3.63, 3.8) is 0 Å². The van der Waals surface area contributed by atoms with E-state index in [-0.39, 0.29) is 24.4 Å². The third-order valence-corrected chi connectivity index (χ3v) is 6.27. The summed E-state index contributed by atoms with van der Waals surface area (Å²) in [5.74, 6) is 1.18. The lowest BCUT2D eigenvalue weighted by Crippen LogP contribution is -2.40. The Kier molecular flexibility index (Phi) is 7.88. The molecule has 0 unspecified atom stereocenters. The van der Waals surface area contributed by atoms with Gasteiger partial charge >= 0.3 is 6.03 Å². The summed E-state index contributed by atoms with van der Waals surface area (Å²) in [5.41, 5.74) is 3.14. The van der Waals surface area contributed by atoms with E-state index < -0.39 is 0 Å². The van der Waals surface area contributed by atoms with Crippen LogP contribution in [0.2, 0.25) is 0 Å². The van der Waals surface area contributed by atoms with Crippen LogP contribution in [-0.2, 0) is 4.79 Å². The minimum atomic E-state index is -0.196. The Morgan fingerprint density at radius 2 is 1.51 bits per heavy atom. The van der Waals surface area contributed by atoms with Gasteiger partial charge in [0.25, 0.3) is 0 Å². The molecule has 1 heterocycles. The number of rotatable bonds is 10. The third-order valence-electron chi connectivity index (χ3n) is 6.27. The Bertz CT molecular complexity index is 1100. The number of carbonyl (C=O) groups excluding carboxylic acids is 2. The molecule has 0 aromatic heterocycles. The van der Waals surface area contributed by atoms with Gasteiger partial charge in [-0.3, -0.25) is 9.69 Å². The van der Waals surface area contributed by atoms with Gasteiger partial charge in [-0.2, -0.15) is 0 Å². The van der Waals surface area contributed by atoms with Gasteiger partial charge in [0.05, 0.1) is 14.2 Å². The molecule has 1 fully saturated rings. The van der Waals surface area contributed by atoms with Crippen LogP contribution in [0.5, 0.6) is 11.5 Å². The Labute approximate surface area is 206 Å². The number of anilines is 1. The Balaban J connectivity index is 1.33. The van der Waals surface area contributed by atoms with Crippen LogP contribution in [0.4, 0.5) is 10.5 Å².